The fourth-order valence-corrected chi connectivity index (χ4v) is 6.41. The van der Waals surface area contributed by atoms with E-state index in [9.17, 15) is 8.78 Å². The van der Waals surface area contributed by atoms with E-state index in [0.29, 0.717) is 22.6 Å². The Morgan fingerprint density at radius 1 is 0.780 bits per heavy atom. The van der Waals surface area contributed by atoms with Crippen LogP contribution in [0.3, 0.4) is 0 Å². The monoisotopic (exact) mass is 556 g/mol. The van der Waals surface area contributed by atoms with Crippen molar-refractivity contribution in [1.82, 2.24) is 0 Å². The first-order chi connectivity index (χ1) is 20.0. The van der Waals surface area contributed by atoms with E-state index < -0.39 is 11.6 Å². The van der Waals surface area contributed by atoms with Gasteiger partial charge in [-0.25, -0.2) is 8.78 Å². The van der Waals surface area contributed by atoms with Gasteiger partial charge in [-0.15, -0.1) is 6.58 Å². The fourth-order valence-electron chi connectivity index (χ4n) is 6.41. The largest absolute Gasteiger partial charge is 0.486 e. The lowest BCUT2D eigenvalue weighted by Crippen LogP contribution is -2.22. The molecular weight excluding hydrogens is 517 g/mol. The summed E-state index contributed by atoms with van der Waals surface area (Å²) < 4.78 is 50.1. The highest BCUT2D eigenvalue weighted by Gasteiger charge is 2.28. The fraction of sp³-hybridized carbons (Fsp3) is 0.351. The average Bonchev–Trinajstić information content (AvgIpc) is 3.01. The number of benzene rings is 3. The van der Waals surface area contributed by atoms with Gasteiger partial charge < -0.3 is 4.74 Å². The average molecular weight is 557 g/mol. The zero-order valence-electron chi connectivity index (χ0n) is 23.9. The second-order valence-electron chi connectivity index (χ2n) is 11.4. The number of hydrogen-bond donors (Lipinski definition) is 0. The molecule has 3 aromatic carbocycles. The van der Waals surface area contributed by atoms with E-state index in [-0.39, 0.29) is 23.7 Å². The third-order valence-corrected chi connectivity index (χ3v) is 8.90. The SMILES string of the molecule is C=CC1CCC(C2CC=C(c3ccc(-c4ccc(-c5ccc(OC/C=C/CC)c(F)c5F)cc4)c(F)c3)CC2)CC1. The lowest BCUT2D eigenvalue weighted by atomic mass is 9.71. The molecule has 1 saturated carbocycles. The molecule has 0 aliphatic heterocycles. The molecule has 0 aromatic heterocycles. The molecule has 41 heavy (non-hydrogen) atoms. The van der Waals surface area contributed by atoms with Crippen LogP contribution in [0.1, 0.15) is 63.9 Å². The number of hydrogen-bond acceptors (Lipinski definition) is 1. The predicted octanol–water partition coefficient (Wildman–Crippen LogP) is 11.0. The van der Waals surface area contributed by atoms with Gasteiger partial charge >= 0.3 is 0 Å². The van der Waals surface area contributed by atoms with Gasteiger partial charge in [0.2, 0.25) is 5.82 Å². The Morgan fingerprint density at radius 3 is 2.10 bits per heavy atom. The molecule has 0 bridgehead atoms. The van der Waals surface area contributed by atoms with Crippen molar-refractivity contribution in [1.29, 1.82) is 0 Å². The quantitative estimate of drug-likeness (QED) is 0.238. The molecule has 1 nitrogen and oxygen atoms in total. The Bertz CT molecular complexity index is 1410. The van der Waals surface area contributed by atoms with Crippen molar-refractivity contribution in [2.45, 2.75) is 58.3 Å². The minimum Gasteiger partial charge on any atom is -0.486 e. The van der Waals surface area contributed by atoms with Gasteiger partial charge in [0.1, 0.15) is 12.4 Å². The molecule has 2 aliphatic rings. The molecule has 3 aromatic rings. The lowest BCUT2D eigenvalue weighted by molar-refractivity contribution is 0.212. The zero-order chi connectivity index (χ0) is 28.8. The third-order valence-electron chi connectivity index (χ3n) is 8.90. The van der Waals surface area contributed by atoms with E-state index in [4.69, 9.17) is 4.74 Å². The minimum atomic E-state index is -1.01. The van der Waals surface area contributed by atoms with Crippen molar-refractivity contribution < 1.29 is 17.9 Å². The maximum absolute atomic E-state index is 15.3. The van der Waals surface area contributed by atoms with Crippen LogP contribution in [-0.4, -0.2) is 6.61 Å². The highest BCUT2D eigenvalue weighted by molar-refractivity contribution is 5.74. The van der Waals surface area contributed by atoms with Crippen LogP contribution in [0.25, 0.3) is 27.8 Å². The summed E-state index contributed by atoms with van der Waals surface area (Å²) in [5, 5.41) is 0. The number of rotatable bonds is 9. The highest BCUT2D eigenvalue weighted by Crippen LogP contribution is 2.42. The molecule has 0 amide bonds. The summed E-state index contributed by atoms with van der Waals surface area (Å²) in [6.07, 6.45) is 17.3. The highest BCUT2D eigenvalue weighted by atomic mass is 19.2. The van der Waals surface area contributed by atoms with Crippen molar-refractivity contribution in [3.63, 3.8) is 0 Å². The molecule has 1 unspecified atom stereocenters. The summed E-state index contributed by atoms with van der Waals surface area (Å²) in [6.45, 7) is 6.13. The van der Waals surface area contributed by atoms with E-state index in [0.717, 1.165) is 36.7 Å². The summed E-state index contributed by atoms with van der Waals surface area (Å²) >= 11 is 0. The van der Waals surface area contributed by atoms with Gasteiger partial charge in [0.15, 0.2) is 11.6 Å². The van der Waals surface area contributed by atoms with Gasteiger partial charge in [0.25, 0.3) is 0 Å². The Hall–Kier alpha value is -3.53. The van der Waals surface area contributed by atoms with Crippen LogP contribution in [0, 0.1) is 35.2 Å². The second kappa shape index (κ2) is 13.4. The van der Waals surface area contributed by atoms with Gasteiger partial charge in [0.05, 0.1) is 0 Å². The molecule has 1 atom stereocenters. The summed E-state index contributed by atoms with van der Waals surface area (Å²) in [5.41, 5.74) is 4.00. The van der Waals surface area contributed by atoms with Crippen LogP contribution < -0.4 is 4.74 Å². The predicted molar refractivity (Wildman–Crippen MR) is 163 cm³/mol. The molecule has 4 heteroatoms. The Labute approximate surface area is 242 Å². The van der Waals surface area contributed by atoms with Crippen LogP contribution in [-0.2, 0) is 0 Å². The first-order valence-electron chi connectivity index (χ1n) is 15.0. The summed E-state index contributed by atoms with van der Waals surface area (Å²) in [6, 6.07) is 15.3. The minimum absolute atomic E-state index is 0.120. The van der Waals surface area contributed by atoms with Crippen molar-refractivity contribution in [2.24, 2.45) is 17.8 Å². The second-order valence-corrected chi connectivity index (χ2v) is 11.4. The van der Waals surface area contributed by atoms with Crippen LogP contribution in [0.4, 0.5) is 13.2 Å². The van der Waals surface area contributed by atoms with E-state index in [1.807, 2.05) is 25.1 Å². The summed E-state index contributed by atoms with van der Waals surface area (Å²) in [5.74, 6) is -0.152. The van der Waals surface area contributed by atoms with Crippen molar-refractivity contribution in [3.05, 3.63) is 108 Å². The number of allylic oxidation sites excluding steroid dienone is 4. The number of halogens is 3. The topological polar surface area (TPSA) is 9.23 Å². The van der Waals surface area contributed by atoms with Crippen LogP contribution in [0.5, 0.6) is 5.75 Å². The first kappa shape index (κ1) is 29.0. The van der Waals surface area contributed by atoms with E-state index in [1.54, 1.807) is 36.4 Å². The van der Waals surface area contributed by atoms with Gasteiger partial charge in [0, 0.05) is 11.1 Å². The van der Waals surface area contributed by atoms with Gasteiger partial charge in [-0.2, -0.15) is 4.39 Å². The molecule has 214 valence electrons. The maximum atomic E-state index is 15.3. The van der Waals surface area contributed by atoms with Gasteiger partial charge in [-0.3, -0.25) is 0 Å². The van der Waals surface area contributed by atoms with Crippen molar-refractivity contribution in [3.8, 4) is 28.0 Å². The van der Waals surface area contributed by atoms with Crippen LogP contribution >= 0.6 is 0 Å². The molecule has 0 N–H and O–H groups in total. The van der Waals surface area contributed by atoms with Crippen molar-refractivity contribution in [2.75, 3.05) is 6.61 Å². The Kier molecular flexibility index (Phi) is 9.49. The molecule has 0 spiro atoms. The molecule has 2 aliphatic carbocycles. The van der Waals surface area contributed by atoms with Crippen LogP contribution in [0.15, 0.2) is 85.5 Å². The maximum Gasteiger partial charge on any atom is 0.201 e. The smallest absolute Gasteiger partial charge is 0.201 e. The van der Waals surface area contributed by atoms with E-state index >= 15 is 4.39 Å². The van der Waals surface area contributed by atoms with E-state index in [2.05, 4.69) is 18.7 Å². The first-order valence-corrected chi connectivity index (χ1v) is 15.0. The summed E-state index contributed by atoms with van der Waals surface area (Å²) in [4.78, 5) is 0. The van der Waals surface area contributed by atoms with Crippen LogP contribution in [0.2, 0.25) is 0 Å². The molecule has 0 heterocycles. The zero-order valence-corrected chi connectivity index (χ0v) is 23.9. The molecule has 1 fully saturated rings. The van der Waals surface area contributed by atoms with Gasteiger partial charge in [-0.05, 0) is 110 Å². The third kappa shape index (κ3) is 6.69. The summed E-state index contributed by atoms with van der Waals surface area (Å²) in [7, 11) is 0. The van der Waals surface area contributed by atoms with E-state index in [1.165, 1.54) is 49.8 Å². The van der Waals surface area contributed by atoms with Gasteiger partial charge in [-0.1, -0.05) is 67.6 Å². The number of ether oxygens (including phenoxy) is 1. The van der Waals surface area contributed by atoms with Crippen molar-refractivity contribution >= 4 is 5.57 Å². The standard InChI is InChI=1S/C37H39F3O/c1-3-5-6-23-41-35-22-21-33(36(39)37(35)40)30-17-15-29(16-18-30)32-20-19-31(24-34(32)38)28-13-11-27(12-14-28)26-9-7-25(4-2)8-10-26/h4-6,13,15-22,24-27H,2-3,7-12,14,23H2,1H3/b6-5+. The Balaban J connectivity index is 1.25. The normalized spacial score (nSPS) is 21.1. The molecule has 0 saturated heterocycles. The molecular formula is C37H39F3O. The molecule has 0 radical (unpaired) electrons. The molecule has 5 rings (SSSR count). The Morgan fingerprint density at radius 2 is 1.46 bits per heavy atom. The lowest BCUT2D eigenvalue weighted by Gasteiger charge is -2.34.